The van der Waals surface area contributed by atoms with E-state index in [9.17, 15) is 10.1 Å². The summed E-state index contributed by atoms with van der Waals surface area (Å²) in [4.78, 5) is 12.3. The lowest BCUT2D eigenvalue weighted by molar-refractivity contribution is -0.117. The molecule has 126 valence electrons. The van der Waals surface area contributed by atoms with Gasteiger partial charge in [0.25, 0.3) is 5.91 Å². The molecule has 24 heavy (non-hydrogen) atoms. The van der Waals surface area contributed by atoms with Crippen LogP contribution in [0.4, 0.5) is 0 Å². The Bertz CT molecular complexity index is 703. The molecule has 2 aliphatic rings. The van der Waals surface area contributed by atoms with Crippen molar-refractivity contribution in [3.63, 3.8) is 0 Å². The quantitative estimate of drug-likeness (QED) is 0.672. The molecule has 1 aliphatic carbocycles. The lowest BCUT2D eigenvalue weighted by Crippen LogP contribution is -2.36. The monoisotopic (exact) mass is 346 g/mol. The van der Waals surface area contributed by atoms with Crippen LogP contribution in [-0.2, 0) is 4.79 Å². The largest absolute Gasteiger partial charge is 0.486 e. The van der Waals surface area contributed by atoms with Crippen molar-refractivity contribution in [2.24, 2.45) is 0 Å². The number of nitriles is 1. The molecular weight excluding hydrogens is 328 g/mol. The lowest BCUT2D eigenvalue weighted by Gasteiger charge is -2.22. The Hall–Kier alpha value is -2.19. The number of ether oxygens (including phenoxy) is 2. The molecule has 0 bridgehead atoms. The molecule has 1 amide bonds. The van der Waals surface area contributed by atoms with E-state index in [1.807, 2.05) is 6.07 Å². The van der Waals surface area contributed by atoms with E-state index in [1.54, 1.807) is 12.1 Å². The zero-order valence-electron chi connectivity index (χ0n) is 13.3. The van der Waals surface area contributed by atoms with Gasteiger partial charge in [-0.1, -0.05) is 30.9 Å². The molecule has 1 aliphatic heterocycles. The molecule has 0 unspecified atom stereocenters. The predicted molar refractivity (Wildman–Crippen MR) is 91.0 cm³/mol. The van der Waals surface area contributed by atoms with E-state index in [2.05, 4.69) is 5.32 Å². The Morgan fingerprint density at radius 1 is 1.25 bits per heavy atom. The van der Waals surface area contributed by atoms with Crippen LogP contribution in [0.1, 0.15) is 37.7 Å². The van der Waals surface area contributed by atoms with E-state index in [4.69, 9.17) is 21.1 Å². The van der Waals surface area contributed by atoms with E-state index in [0.29, 0.717) is 35.3 Å². The van der Waals surface area contributed by atoms with Gasteiger partial charge < -0.3 is 14.8 Å². The summed E-state index contributed by atoms with van der Waals surface area (Å²) in [5, 5.41) is 12.7. The number of carbonyl (C=O) groups is 1. The molecule has 0 spiro atoms. The molecule has 0 aromatic heterocycles. The minimum atomic E-state index is -0.338. The molecule has 1 N–H and O–H groups in total. The van der Waals surface area contributed by atoms with Gasteiger partial charge in [-0.2, -0.15) is 5.26 Å². The Morgan fingerprint density at radius 2 is 2.00 bits per heavy atom. The van der Waals surface area contributed by atoms with E-state index >= 15 is 0 Å². The molecule has 1 fully saturated rings. The van der Waals surface area contributed by atoms with Crippen molar-refractivity contribution in [3.8, 4) is 17.6 Å². The molecule has 0 atom stereocenters. The van der Waals surface area contributed by atoms with Crippen molar-refractivity contribution in [3.05, 3.63) is 28.3 Å². The van der Waals surface area contributed by atoms with Gasteiger partial charge in [0.15, 0.2) is 11.5 Å². The van der Waals surface area contributed by atoms with Gasteiger partial charge >= 0.3 is 0 Å². The highest BCUT2D eigenvalue weighted by molar-refractivity contribution is 6.32. The van der Waals surface area contributed by atoms with Gasteiger partial charge in [0.2, 0.25) is 0 Å². The number of hydrogen-bond donors (Lipinski definition) is 1. The van der Waals surface area contributed by atoms with Crippen molar-refractivity contribution < 1.29 is 14.3 Å². The first-order valence-electron chi connectivity index (χ1n) is 8.19. The first kappa shape index (κ1) is 16.7. The van der Waals surface area contributed by atoms with Crippen LogP contribution in [0.2, 0.25) is 5.02 Å². The summed E-state index contributed by atoms with van der Waals surface area (Å²) in [6.07, 6.45) is 6.93. The molecule has 1 saturated carbocycles. The van der Waals surface area contributed by atoms with Gasteiger partial charge in [-0.25, -0.2) is 0 Å². The third-order valence-electron chi connectivity index (χ3n) is 4.24. The van der Waals surface area contributed by atoms with Crippen molar-refractivity contribution in [2.75, 3.05) is 13.2 Å². The average molecular weight is 347 g/mol. The third kappa shape index (κ3) is 3.82. The average Bonchev–Trinajstić information content (AvgIpc) is 2.60. The minimum Gasteiger partial charge on any atom is -0.486 e. The summed E-state index contributed by atoms with van der Waals surface area (Å²) in [7, 11) is 0. The Labute approximate surface area is 146 Å². The van der Waals surface area contributed by atoms with Crippen LogP contribution in [0, 0.1) is 11.3 Å². The molecular formula is C18H19ClN2O3. The molecule has 0 saturated heterocycles. The first-order chi connectivity index (χ1) is 11.7. The number of hydrogen-bond acceptors (Lipinski definition) is 4. The zero-order chi connectivity index (χ0) is 16.9. The van der Waals surface area contributed by atoms with Crippen LogP contribution in [-0.4, -0.2) is 25.2 Å². The summed E-state index contributed by atoms with van der Waals surface area (Å²) in [5.74, 6) is 0.700. The number of nitrogens with zero attached hydrogens (tertiary/aromatic N) is 1. The maximum atomic E-state index is 12.3. The zero-order valence-corrected chi connectivity index (χ0v) is 14.1. The molecule has 1 heterocycles. The highest BCUT2D eigenvalue weighted by Crippen LogP contribution is 2.38. The number of halogens is 1. The first-order valence-corrected chi connectivity index (χ1v) is 8.57. The summed E-state index contributed by atoms with van der Waals surface area (Å²) < 4.78 is 11.0. The Morgan fingerprint density at radius 3 is 2.75 bits per heavy atom. The highest BCUT2D eigenvalue weighted by Gasteiger charge is 2.19. The number of rotatable bonds is 3. The van der Waals surface area contributed by atoms with E-state index < -0.39 is 0 Å². The van der Waals surface area contributed by atoms with Crippen LogP contribution in [0.25, 0.3) is 6.08 Å². The van der Waals surface area contributed by atoms with Crippen molar-refractivity contribution >= 4 is 23.6 Å². The predicted octanol–water partition coefficient (Wildman–Crippen LogP) is 3.47. The topological polar surface area (TPSA) is 71.3 Å². The van der Waals surface area contributed by atoms with Crippen LogP contribution in [0.5, 0.6) is 11.5 Å². The highest BCUT2D eigenvalue weighted by atomic mass is 35.5. The third-order valence-corrected chi connectivity index (χ3v) is 4.52. The van der Waals surface area contributed by atoms with Gasteiger partial charge in [-0.05, 0) is 36.6 Å². The van der Waals surface area contributed by atoms with Crippen molar-refractivity contribution in [1.82, 2.24) is 5.32 Å². The van der Waals surface area contributed by atoms with Crippen molar-refractivity contribution in [1.29, 1.82) is 5.26 Å². The number of carbonyl (C=O) groups excluding carboxylic acids is 1. The summed E-state index contributed by atoms with van der Waals surface area (Å²) in [5.41, 5.74) is 0.702. The van der Waals surface area contributed by atoms with E-state index in [-0.39, 0.29) is 17.5 Å². The second-order valence-corrected chi connectivity index (χ2v) is 6.41. The van der Waals surface area contributed by atoms with E-state index in [1.165, 1.54) is 12.5 Å². The second-order valence-electron chi connectivity index (χ2n) is 6.01. The Kier molecular flexibility index (Phi) is 5.27. The van der Waals surface area contributed by atoms with Crippen molar-refractivity contribution in [2.45, 2.75) is 38.1 Å². The molecule has 1 aromatic rings. The van der Waals surface area contributed by atoms with Gasteiger partial charge in [0.1, 0.15) is 24.9 Å². The van der Waals surface area contributed by atoms with Crippen LogP contribution in [0.15, 0.2) is 17.7 Å². The second kappa shape index (κ2) is 7.59. The number of fused-ring (bicyclic) bond motifs is 1. The van der Waals surface area contributed by atoms with E-state index in [0.717, 1.165) is 25.7 Å². The van der Waals surface area contributed by atoms with Gasteiger partial charge in [0.05, 0.1) is 5.02 Å². The molecule has 6 heteroatoms. The standard InChI is InChI=1S/C18H19ClN2O3/c19-15-9-12(10-16-17(15)24-7-6-23-16)8-13(11-20)18(22)21-14-4-2-1-3-5-14/h8-10,14H,1-7H2,(H,21,22)/b13-8+. The normalized spacial score (nSPS) is 17.9. The van der Waals surface area contributed by atoms with Crippen LogP contribution < -0.4 is 14.8 Å². The number of amides is 1. The number of benzene rings is 1. The molecule has 3 rings (SSSR count). The SMILES string of the molecule is N#C/C(=C\c1cc(Cl)c2c(c1)OCCO2)C(=O)NC1CCCCC1. The van der Waals surface area contributed by atoms with Gasteiger partial charge in [-0.15, -0.1) is 0 Å². The fourth-order valence-electron chi connectivity index (χ4n) is 3.04. The van der Waals surface area contributed by atoms with Gasteiger partial charge in [0, 0.05) is 6.04 Å². The molecule has 1 aromatic carbocycles. The Balaban J connectivity index is 1.78. The summed E-state index contributed by atoms with van der Waals surface area (Å²) in [6.45, 7) is 0.902. The van der Waals surface area contributed by atoms with Crippen LogP contribution in [0.3, 0.4) is 0 Å². The minimum absolute atomic E-state index is 0.0633. The fourth-order valence-corrected chi connectivity index (χ4v) is 3.31. The molecule has 0 radical (unpaired) electrons. The fraction of sp³-hybridized carbons (Fsp3) is 0.444. The maximum Gasteiger partial charge on any atom is 0.262 e. The lowest BCUT2D eigenvalue weighted by atomic mass is 9.95. The maximum absolute atomic E-state index is 12.3. The number of nitrogens with one attached hydrogen (secondary N) is 1. The van der Waals surface area contributed by atoms with Crippen LogP contribution >= 0.6 is 11.6 Å². The molecule has 5 nitrogen and oxygen atoms in total. The van der Waals surface area contributed by atoms with Gasteiger partial charge in [-0.3, -0.25) is 4.79 Å². The summed E-state index contributed by atoms with van der Waals surface area (Å²) in [6, 6.07) is 5.53. The smallest absolute Gasteiger partial charge is 0.262 e. The summed E-state index contributed by atoms with van der Waals surface area (Å²) >= 11 is 6.19.